The molecule has 1 unspecified atom stereocenters. The number of carbonyl (C=O) groups excluding carboxylic acids is 5. The Balaban J connectivity index is 0.585. The van der Waals surface area contributed by atoms with Crippen molar-refractivity contribution in [2.45, 2.75) is 106 Å². The highest BCUT2D eigenvalue weighted by Crippen LogP contribution is 2.48. The smallest absolute Gasteiger partial charge is 0.416 e. The molecule has 23 heteroatoms. The third kappa shape index (κ3) is 17.7. The molecule has 11 rings (SSSR count). The lowest BCUT2D eigenvalue weighted by Gasteiger charge is -2.44. The molecule has 2 N–H and O–H groups in total. The highest BCUT2D eigenvalue weighted by atomic mass is 19.4. The average Bonchev–Trinajstić information content (AvgIpc) is 1.58. The van der Waals surface area contributed by atoms with Crippen molar-refractivity contribution in [3.05, 3.63) is 190 Å². The second-order valence-corrected chi connectivity index (χ2v) is 26.1. The van der Waals surface area contributed by atoms with E-state index in [1.165, 1.54) is 12.1 Å². The van der Waals surface area contributed by atoms with Crippen LogP contribution in [-0.4, -0.2) is 183 Å². The summed E-state index contributed by atoms with van der Waals surface area (Å²) in [6.45, 7) is 6.20. The molecule has 97 heavy (non-hydrogen) atoms. The van der Waals surface area contributed by atoms with Crippen LogP contribution >= 0.6 is 0 Å². The van der Waals surface area contributed by atoms with Crippen molar-refractivity contribution in [2.24, 2.45) is 0 Å². The summed E-state index contributed by atoms with van der Waals surface area (Å²) < 4.78 is 115. The monoisotopic (exact) mass is 1340 g/mol. The zero-order valence-corrected chi connectivity index (χ0v) is 54.4. The standard InChI is InChI=1S/C74H83F7N8O8/c1-84(39-40-85-35-28-60(29-36-85)97-71(94)83-64-18-10-8-16-61(64)51-13-4-2-5-14-51)67(90)19-6-3-11-32-82-59-26-22-53(23-27-59)69(92)88-34-12-33-87(41-42-88)68(91)49-95-66-45-54-15-7-9-17-63(54)72(66)30-37-86(38-31-72)47-62(52-20-24-58(75)25-21-52)65-48-89(50-96-65)70(93)55-43-56(73(76,77)78)46-57(44-55)74(79,80)81/h2,4-5,7-10,13-18,20-27,43-44,46,60,62,65-66,82H,3,6,11-12,19,28-42,45,47-50H2,1H3,(H,83,94)/t62?,65-,66+/m1/s1. The number of rotatable bonds is 22. The predicted molar refractivity (Wildman–Crippen MR) is 353 cm³/mol. The van der Waals surface area contributed by atoms with Gasteiger partial charge in [0.25, 0.3) is 11.8 Å². The minimum atomic E-state index is -5.14. The quantitative estimate of drug-likeness (QED) is 0.0493. The molecule has 516 valence electrons. The summed E-state index contributed by atoms with van der Waals surface area (Å²) in [5, 5.41) is 6.37. The lowest BCUT2D eigenvalue weighted by molar-refractivity contribution is -0.143. The van der Waals surface area contributed by atoms with E-state index in [0.29, 0.717) is 120 Å². The Bertz CT molecular complexity index is 3650. The molecule has 4 saturated heterocycles. The van der Waals surface area contributed by atoms with Gasteiger partial charge in [0.15, 0.2) is 0 Å². The number of hydrogen-bond acceptors (Lipinski definition) is 11. The maximum Gasteiger partial charge on any atom is 0.416 e. The van der Waals surface area contributed by atoms with Gasteiger partial charge in [-0.15, -0.1) is 0 Å². The van der Waals surface area contributed by atoms with E-state index in [4.69, 9.17) is 14.2 Å². The third-order valence-electron chi connectivity index (χ3n) is 19.8. The highest BCUT2D eigenvalue weighted by molar-refractivity contribution is 5.95. The van der Waals surface area contributed by atoms with Gasteiger partial charge in [-0.25, -0.2) is 9.18 Å². The number of likely N-dealkylation sites (tertiary alicyclic amines) is 2. The van der Waals surface area contributed by atoms with Crippen LogP contribution in [0.25, 0.3) is 11.1 Å². The Morgan fingerprint density at radius 2 is 1.34 bits per heavy atom. The van der Waals surface area contributed by atoms with E-state index in [0.717, 1.165) is 84.6 Å². The average molecular weight is 1350 g/mol. The molecule has 1 aliphatic carbocycles. The lowest BCUT2D eigenvalue weighted by atomic mass is 9.72. The summed E-state index contributed by atoms with van der Waals surface area (Å²) >= 11 is 0. The number of amides is 5. The van der Waals surface area contributed by atoms with Crippen LogP contribution in [0.3, 0.4) is 0 Å². The summed E-state index contributed by atoms with van der Waals surface area (Å²) in [6.07, 6.45) is -5.00. The SMILES string of the molecule is CN(CCN1CCC(OC(=O)Nc2ccccc2-c2ccccc2)CC1)C(=O)CCCCCNc1ccc(C(=O)N2CCCN(C(=O)CO[C@H]3Cc4ccccc4C34CCN(CC(c3ccc(F)cc3)[C@H]3CN(C(=O)c5cc(C(F)(F)F)cc(C(F)(F)F)c5)CO3)CC4)CC2)cc1. The van der Waals surface area contributed by atoms with Crippen LogP contribution in [0, 0.1) is 5.82 Å². The van der Waals surface area contributed by atoms with Crippen LogP contribution in [0.1, 0.15) is 112 Å². The first-order valence-corrected chi connectivity index (χ1v) is 33.5. The summed E-state index contributed by atoms with van der Waals surface area (Å²) in [4.78, 5) is 78.4. The van der Waals surface area contributed by atoms with E-state index in [2.05, 4.69) is 32.6 Å². The predicted octanol–water partition coefficient (Wildman–Crippen LogP) is 12.6. The molecule has 0 aromatic heterocycles. The largest absolute Gasteiger partial charge is 0.446 e. The Labute approximate surface area is 561 Å². The van der Waals surface area contributed by atoms with Crippen molar-refractivity contribution < 1.29 is 68.9 Å². The summed E-state index contributed by atoms with van der Waals surface area (Å²) in [5.41, 5.74) is 2.66. The summed E-state index contributed by atoms with van der Waals surface area (Å²) in [6, 6.07) is 39.8. The second-order valence-electron chi connectivity index (χ2n) is 26.1. The molecule has 16 nitrogen and oxygen atoms in total. The van der Waals surface area contributed by atoms with Gasteiger partial charge in [-0.3, -0.25) is 24.5 Å². The molecule has 0 bridgehead atoms. The number of hydrogen-bond donors (Lipinski definition) is 2. The van der Waals surface area contributed by atoms with E-state index in [1.54, 1.807) is 26.8 Å². The van der Waals surface area contributed by atoms with Crippen LogP contribution in [0.4, 0.5) is 46.9 Å². The van der Waals surface area contributed by atoms with Gasteiger partial charge in [0.1, 0.15) is 25.3 Å². The number of fused-ring (bicyclic) bond motifs is 2. The number of para-hydroxylation sites is 1. The van der Waals surface area contributed by atoms with Gasteiger partial charge >= 0.3 is 18.4 Å². The normalized spacial score (nSPS) is 18.9. The van der Waals surface area contributed by atoms with Gasteiger partial charge in [-0.2, -0.15) is 26.3 Å². The number of halogens is 7. The maximum atomic E-state index is 14.3. The number of alkyl halides is 6. The van der Waals surface area contributed by atoms with Gasteiger partial charge in [0, 0.05) is 113 Å². The molecule has 0 saturated carbocycles. The van der Waals surface area contributed by atoms with E-state index in [1.807, 2.05) is 98.0 Å². The number of ether oxygens (including phenoxy) is 3. The van der Waals surface area contributed by atoms with Crippen molar-refractivity contribution >= 4 is 41.1 Å². The molecule has 0 radical (unpaired) electrons. The topological polar surface area (TPSA) is 157 Å². The second kappa shape index (κ2) is 31.4. The molecule has 4 fully saturated rings. The maximum absolute atomic E-state index is 14.3. The molecule has 1 spiro atoms. The highest BCUT2D eigenvalue weighted by Gasteiger charge is 2.50. The molecule has 4 aliphatic heterocycles. The Kier molecular flexibility index (Phi) is 22.7. The summed E-state index contributed by atoms with van der Waals surface area (Å²) in [7, 11) is 1.85. The van der Waals surface area contributed by atoms with Crippen molar-refractivity contribution in [1.29, 1.82) is 0 Å². The Morgan fingerprint density at radius 3 is 2.06 bits per heavy atom. The van der Waals surface area contributed by atoms with E-state index in [9.17, 15) is 54.7 Å². The number of likely N-dealkylation sites (N-methyl/N-ethyl adjacent to an activating group) is 1. The Hall–Kier alpha value is -8.38. The minimum Gasteiger partial charge on any atom is -0.446 e. The zero-order chi connectivity index (χ0) is 68.3. The van der Waals surface area contributed by atoms with Crippen LogP contribution in [0.5, 0.6) is 0 Å². The van der Waals surface area contributed by atoms with Gasteiger partial charge in [0.2, 0.25) is 11.8 Å². The molecule has 4 heterocycles. The number of anilines is 2. The molecule has 6 aromatic carbocycles. The minimum absolute atomic E-state index is 0.0223. The van der Waals surface area contributed by atoms with Crippen LogP contribution in [-0.2, 0) is 48.0 Å². The van der Waals surface area contributed by atoms with Gasteiger partial charge in [0.05, 0.1) is 35.6 Å². The molecular formula is C74H83F7N8O8. The summed E-state index contributed by atoms with van der Waals surface area (Å²) in [5.74, 6) is -2.16. The van der Waals surface area contributed by atoms with E-state index in [-0.39, 0.29) is 55.9 Å². The van der Waals surface area contributed by atoms with Gasteiger partial charge in [-0.05, 0) is 147 Å². The molecule has 6 aromatic rings. The van der Waals surface area contributed by atoms with Crippen molar-refractivity contribution in [1.82, 2.24) is 29.4 Å². The molecular weight excluding hydrogens is 1260 g/mol. The first-order chi connectivity index (χ1) is 46.7. The van der Waals surface area contributed by atoms with Crippen molar-refractivity contribution in [2.75, 3.05) is 116 Å². The molecule has 5 amide bonds. The number of carbonyl (C=O) groups is 5. The Morgan fingerprint density at radius 1 is 0.680 bits per heavy atom. The molecule has 5 aliphatic rings. The van der Waals surface area contributed by atoms with Crippen LogP contribution in [0.15, 0.2) is 146 Å². The van der Waals surface area contributed by atoms with Crippen LogP contribution < -0.4 is 10.6 Å². The first kappa shape index (κ1) is 70.0. The number of nitrogens with one attached hydrogen (secondary N) is 2. The number of piperidine rings is 2. The molecule has 3 atom stereocenters. The zero-order valence-electron chi connectivity index (χ0n) is 54.4. The van der Waals surface area contributed by atoms with Crippen molar-refractivity contribution in [3.63, 3.8) is 0 Å². The lowest BCUT2D eigenvalue weighted by Crippen LogP contribution is -2.50. The third-order valence-corrected chi connectivity index (χ3v) is 19.8. The number of benzene rings is 6. The fourth-order valence-electron chi connectivity index (χ4n) is 14.2. The van der Waals surface area contributed by atoms with E-state index >= 15 is 0 Å². The van der Waals surface area contributed by atoms with Gasteiger partial charge < -0.3 is 48.9 Å². The van der Waals surface area contributed by atoms with E-state index < -0.39 is 64.3 Å². The van der Waals surface area contributed by atoms with Gasteiger partial charge in [-0.1, -0.05) is 91.3 Å². The fourth-order valence-corrected chi connectivity index (χ4v) is 14.2. The first-order valence-electron chi connectivity index (χ1n) is 33.5. The number of unbranched alkanes of at least 4 members (excludes halogenated alkanes) is 2. The van der Waals surface area contributed by atoms with Crippen molar-refractivity contribution in [3.8, 4) is 11.1 Å². The fraction of sp³-hybridized carbons (Fsp3) is 0.446. The number of nitrogens with zero attached hydrogens (tertiary/aromatic N) is 6. The van der Waals surface area contributed by atoms with Crippen LogP contribution in [0.2, 0.25) is 0 Å².